The number of aliphatic carboxylic acids is 1. The Hall–Kier alpha value is -4.15. The van der Waals surface area contributed by atoms with Crippen LogP contribution in [0.15, 0.2) is 6.20 Å². The first-order valence-electron chi connectivity index (χ1n) is 28.9. The Kier molecular flexibility index (Phi) is 26.0. The number of carboxylic acid groups (broad SMARTS) is 1. The van der Waals surface area contributed by atoms with E-state index in [-0.39, 0.29) is 135 Å². The molecule has 0 bridgehead atoms. The van der Waals surface area contributed by atoms with Crippen molar-refractivity contribution in [3.8, 4) is 0 Å². The first-order chi connectivity index (χ1) is 40.6. The molecule has 484 valence electrons. The van der Waals surface area contributed by atoms with Crippen molar-refractivity contribution in [3.63, 3.8) is 0 Å². The molecule has 33 nitrogen and oxygen atoms in total. The van der Waals surface area contributed by atoms with E-state index in [2.05, 4.69) is 15.6 Å². The molecule has 7 unspecified atom stereocenters. The number of carboxylic acids is 1. The number of hydrogen-bond acceptors (Lipinski definition) is 28. The van der Waals surface area contributed by atoms with Gasteiger partial charge in [-0.25, -0.2) is 9.48 Å². The summed E-state index contributed by atoms with van der Waals surface area (Å²) < 4.78 is 69.3. The smallest absolute Gasteiger partial charge is 0.335 e. The van der Waals surface area contributed by atoms with Crippen molar-refractivity contribution in [1.29, 1.82) is 0 Å². The van der Waals surface area contributed by atoms with E-state index in [4.69, 9.17) is 68.3 Å². The van der Waals surface area contributed by atoms with Crippen LogP contribution in [0, 0.1) is 11.8 Å². The fourth-order valence-electron chi connectivity index (χ4n) is 10.9. The second kappa shape index (κ2) is 32.4. The molecule has 0 spiro atoms. The molecule has 1 aromatic rings. The van der Waals surface area contributed by atoms with Crippen molar-refractivity contribution < 1.29 is 122 Å². The predicted molar refractivity (Wildman–Crippen MR) is 282 cm³/mol. The number of nitrogens with zero attached hydrogens (tertiary/aromatic N) is 5. The highest BCUT2D eigenvalue weighted by molar-refractivity contribution is 6.06. The number of likely N-dealkylation sites (tertiary alicyclic amines) is 1. The summed E-state index contributed by atoms with van der Waals surface area (Å²) in [5.74, 6) is -4.01. The molecule has 4 amide bonds. The van der Waals surface area contributed by atoms with Crippen LogP contribution < -0.4 is 16.8 Å². The van der Waals surface area contributed by atoms with Gasteiger partial charge >= 0.3 is 5.97 Å². The summed E-state index contributed by atoms with van der Waals surface area (Å²) >= 11 is 0. The van der Waals surface area contributed by atoms with E-state index in [1.165, 1.54) is 21.4 Å². The van der Waals surface area contributed by atoms with Crippen molar-refractivity contribution in [2.75, 3.05) is 79.1 Å². The topological polar surface area (TPSA) is 459 Å². The van der Waals surface area contributed by atoms with Crippen LogP contribution in [0.1, 0.15) is 65.5 Å². The van der Waals surface area contributed by atoms with Crippen LogP contribution in [0.4, 0.5) is 0 Å². The van der Waals surface area contributed by atoms with E-state index in [1.807, 2.05) is 13.8 Å². The Morgan fingerprint density at radius 1 is 0.694 bits per heavy atom. The molecule has 1 aromatic heterocycles. The maximum atomic E-state index is 13.7. The van der Waals surface area contributed by atoms with E-state index in [9.17, 15) is 64.8 Å². The van der Waals surface area contributed by atoms with E-state index in [0.29, 0.717) is 18.5 Å². The van der Waals surface area contributed by atoms with Crippen LogP contribution in [-0.2, 0) is 93.9 Å². The number of amides is 4. The fraction of sp³-hybridized carbons (Fsp3) is 0.865. The maximum absolute atomic E-state index is 13.7. The number of nitrogens with two attached hydrogens (primary N) is 2. The molecule has 13 N–H and O–H groups in total. The Bertz CT molecular complexity index is 2270. The van der Waals surface area contributed by atoms with Gasteiger partial charge in [-0.2, -0.15) is 0 Å². The number of aromatic nitrogens is 3. The second-order valence-electron chi connectivity index (χ2n) is 21.8. The number of carbonyl (C=O) groups excluding carboxylic acids is 4. The van der Waals surface area contributed by atoms with Crippen LogP contribution >= 0.6 is 0 Å². The van der Waals surface area contributed by atoms with Crippen molar-refractivity contribution >= 4 is 29.6 Å². The van der Waals surface area contributed by atoms with Gasteiger partial charge in [0.2, 0.25) is 23.6 Å². The molecular weight excluding hydrogens is 1140 g/mol. The highest BCUT2D eigenvalue weighted by Crippen LogP contribution is 2.43. The molecule has 7 rings (SSSR count). The van der Waals surface area contributed by atoms with Gasteiger partial charge in [-0.1, -0.05) is 19.1 Å². The maximum Gasteiger partial charge on any atom is 0.335 e. The van der Waals surface area contributed by atoms with Crippen LogP contribution in [0.5, 0.6) is 0 Å². The van der Waals surface area contributed by atoms with Gasteiger partial charge in [0.05, 0.1) is 140 Å². The predicted octanol–water partition coefficient (Wildman–Crippen LogP) is -6.23. The number of rotatable bonds is 32. The number of carbonyl (C=O) groups is 5. The molecule has 0 radical (unpaired) electrons. The Morgan fingerprint density at radius 2 is 1.28 bits per heavy atom. The zero-order chi connectivity index (χ0) is 61.6. The number of hydrogen-bond donors (Lipinski definition) is 11. The highest BCUT2D eigenvalue weighted by atomic mass is 16.7. The zero-order valence-electron chi connectivity index (χ0n) is 48.1. The molecule has 6 aliphatic heterocycles. The summed E-state index contributed by atoms with van der Waals surface area (Å²) in [5.41, 5.74) is 12.3. The molecule has 0 aliphatic carbocycles. The lowest BCUT2D eigenvalue weighted by Gasteiger charge is -2.45. The number of ether oxygens (including phenoxy) is 12. The largest absolute Gasteiger partial charge is 0.479 e. The lowest BCUT2D eigenvalue weighted by Crippen LogP contribution is -2.66. The van der Waals surface area contributed by atoms with Gasteiger partial charge in [-0.15, -0.1) is 5.10 Å². The number of aliphatic hydroxyl groups is 7. The van der Waals surface area contributed by atoms with Gasteiger partial charge in [0, 0.05) is 32.4 Å². The third-order valence-corrected chi connectivity index (χ3v) is 15.8. The highest BCUT2D eigenvalue weighted by Gasteiger charge is 2.59. The summed E-state index contributed by atoms with van der Waals surface area (Å²) in [6.07, 6.45) is -19.0. The summed E-state index contributed by atoms with van der Waals surface area (Å²) in [4.78, 5) is 68.1. The average Bonchev–Trinajstić information content (AvgIpc) is 1.76. The quantitative estimate of drug-likeness (QED) is 0.0236. The molecule has 33 heteroatoms. The molecule has 6 saturated heterocycles. The van der Waals surface area contributed by atoms with Crippen LogP contribution in [0.25, 0.3) is 0 Å². The molecule has 6 aliphatic rings. The van der Waals surface area contributed by atoms with E-state index < -0.39 is 140 Å². The third-order valence-electron chi connectivity index (χ3n) is 15.8. The number of nitrogens with one attached hydrogen (secondary N) is 1. The Labute approximate surface area is 490 Å². The number of fused-ring (bicyclic) bond motifs is 1. The molecule has 6 fully saturated rings. The summed E-state index contributed by atoms with van der Waals surface area (Å²) in [5, 5.41) is 93.7. The van der Waals surface area contributed by atoms with Crippen molar-refractivity contribution in [1.82, 2.24) is 30.1 Å². The van der Waals surface area contributed by atoms with Crippen molar-refractivity contribution in [2.45, 2.75) is 196 Å². The Morgan fingerprint density at radius 3 is 1.89 bits per heavy atom. The van der Waals surface area contributed by atoms with Gasteiger partial charge < -0.3 is 119 Å². The van der Waals surface area contributed by atoms with E-state index in [0.717, 1.165) is 0 Å². The first-order valence-corrected chi connectivity index (χ1v) is 28.9. The molecule has 0 aromatic carbocycles. The van der Waals surface area contributed by atoms with Crippen molar-refractivity contribution in [3.05, 3.63) is 11.9 Å². The van der Waals surface area contributed by atoms with Gasteiger partial charge in [0.25, 0.3) is 0 Å². The average molecular weight is 1220 g/mol. The minimum atomic E-state index is -1.87. The molecular formula is C52H86N8O25. The number of aliphatic hydroxyl groups excluding tert-OH is 7. The summed E-state index contributed by atoms with van der Waals surface area (Å²) in [6, 6.07) is -2.33. The lowest BCUT2D eigenvalue weighted by atomic mass is 9.88. The monoisotopic (exact) mass is 1220 g/mol. The van der Waals surface area contributed by atoms with E-state index in [1.54, 1.807) is 13.1 Å². The second-order valence-corrected chi connectivity index (χ2v) is 21.8. The van der Waals surface area contributed by atoms with Crippen LogP contribution in [0.3, 0.4) is 0 Å². The summed E-state index contributed by atoms with van der Waals surface area (Å²) in [6.45, 7) is 7.32. The SMILES string of the molecule is CC[C@@H]1O[C@H](CC)[C@@H]2C(=O)N(CCOCCN(Cc3cn(CCOCCO[C@@H]4OC(C(=O)O)[C@@H](O[C@H]5OC(C)[C@@H](O)[C@H](O)C5N)[C@H](O)C4O)nn3)C(=O)CCC(=O)NCCOCCO[C@@H]3OC[C@@H](O[C@H]4OC(C)[C@@H](O)[C@H](O)C4N)CC3O)C(=O)[C@@H]21. The van der Waals surface area contributed by atoms with Gasteiger partial charge in [-0.3, -0.25) is 24.1 Å². The van der Waals surface area contributed by atoms with Gasteiger partial charge in [0.1, 0.15) is 54.5 Å². The van der Waals surface area contributed by atoms with Crippen LogP contribution in [0.2, 0.25) is 0 Å². The Balaban J connectivity index is 0.816. The molecule has 22 atom stereocenters. The van der Waals surface area contributed by atoms with Crippen molar-refractivity contribution in [2.24, 2.45) is 23.3 Å². The molecule has 7 heterocycles. The zero-order valence-corrected chi connectivity index (χ0v) is 48.1. The lowest BCUT2D eigenvalue weighted by molar-refractivity contribution is -0.337. The normalized spacial score (nSPS) is 36.8. The minimum absolute atomic E-state index is 0.0151. The fourth-order valence-corrected chi connectivity index (χ4v) is 10.9. The third kappa shape index (κ3) is 17.6. The standard InChI is InChI=1S/C52H86N8O25/c1-5-30-34-35(31(6-2)83-30)47(71)60(46(34)70)12-16-75-14-10-58(33(63)8-7-32(62)55-9-13-74-17-19-77-49-29(61)21-28(24-79-49)82-50-36(53)40(66)38(64)25(3)80-50)22-27-23-59(57-56-27)11-15-76-18-20-78-52-43(69)42(68)44(45(85-52)48(72)73)84-51-37(54)41(67)39(65)26(4)81-51/h23,25-26,28-31,34-45,49-52,61,64-69H,5-22,24,53-54H2,1-4H3,(H,55,62)(H,72,73)/t25?,26?,28-,29?,30-,31+,34+,35-,36?,37?,38+,39+,40+,41+,42+,43?,44-,45?,49+,50+,51+,52+/m0/s1. The molecule has 0 saturated carbocycles. The van der Waals surface area contributed by atoms with Gasteiger partial charge in [-0.05, 0) is 26.7 Å². The van der Waals surface area contributed by atoms with Gasteiger partial charge in [0.15, 0.2) is 31.3 Å². The molecule has 85 heavy (non-hydrogen) atoms. The number of imide groups is 1. The minimum Gasteiger partial charge on any atom is -0.479 e. The van der Waals surface area contributed by atoms with Crippen LogP contribution in [-0.4, -0.2) is 297 Å². The summed E-state index contributed by atoms with van der Waals surface area (Å²) in [7, 11) is 0. The first kappa shape index (κ1) is 68.3. The van der Waals surface area contributed by atoms with E-state index >= 15 is 0 Å².